The summed E-state index contributed by atoms with van der Waals surface area (Å²) in [7, 11) is -0.483. The number of rotatable bonds is 10. The van der Waals surface area contributed by atoms with Gasteiger partial charge >= 0.3 is 19.4 Å². The van der Waals surface area contributed by atoms with Crippen LogP contribution in [-0.2, 0) is 62.3 Å². The van der Waals surface area contributed by atoms with Crippen LogP contribution in [0.1, 0.15) is 178 Å². The van der Waals surface area contributed by atoms with E-state index < -0.39 is 53.7 Å². The van der Waals surface area contributed by atoms with E-state index in [-0.39, 0.29) is 69.0 Å². The van der Waals surface area contributed by atoms with Crippen molar-refractivity contribution in [3.05, 3.63) is 256 Å². The summed E-state index contributed by atoms with van der Waals surface area (Å²) in [6.07, 6.45) is 0.257. The van der Waals surface area contributed by atoms with Gasteiger partial charge in [0.15, 0.2) is 0 Å². The van der Waals surface area contributed by atoms with Crippen molar-refractivity contribution in [1.29, 1.82) is 0 Å². The van der Waals surface area contributed by atoms with Gasteiger partial charge in [-0.1, -0.05) is 153 Å². The topological polar surface area (TPSA) is 252 Å². The van der Waals surface area contributed by atoms with Gasteiger partial charge in [-0.15, -0.1) is 23.2 Å². The van der Waals surface area contributed by atoms with Gasteiger partial charge in [-0.2, -0.15) is 0 Å². The maximum atomic E-state index is 13.3. The van der Waals surface area contributed by atoms with Crippen LogP contribution in [0.5, 0.6) is 0 Å². The van der Waals surface area contributed by atoms with Crippen molar-refractivity contribution in [2.75, 3.05) is 31.5 Å². The molecule has 17 rings (SSSR count). The van der Waals surface area contributed by atoms with E-state index in [2.05, 4.69) is 105 Å². The molecule has 0 saturated carbocycles. The van der Waals surface area contributed by atoms with Crippen molar-refractivity contribution < 1.29 is 86.8 Å². The van der Waals surface area contributed by atoms with Crippen molar-refractivity contribution >= 4 is 275 Å². The first kappa shape index (κ1) is 113. The number of carbonyl (C=O) groups is 4. The third kappa shape index (κ3) is 32.3. The molecule has 0 unspecified atom stereocenters. The molecule has 6 aromatic heterocycles. The molecule has 2 amide bonds. The van der Waals surface area contributed by atoms with E-state index in [1.165, 1.54) is 9.80 Å². The van der Waals surface area contributed by atoms with Gasteiger partial charge in [0.05, 0.1) is 39.7 Å². The lowest BCUT2D eigenvalue weighted by Gasteiger charge is -2.32. The molecule has 8 aromatic carbocycles. The Balaban J connectivity index is 0.000000177. The summed E-state index contributed by atoms with van der Waals surface area (Å²) in [6.45, 7) is 27.3. The van der Waals surface area contributed by atoms with Gasteiger partial charge in [0.2, 0.25) is 0 Å². The van der Waals surface area contributed by atoms with E-state index in [9.17, 15) is 36.7 Å². The Morgan fingerprint density at radius 1 is 0.404 bits per heavy atom. The van der Waals surface area contributed by atoms with Crippen LogP contribution in [0.2, 0.25) is 30.1 Å². The van der Waals surface area contributed by atoms with Gasteiger partial charge in [-0.05, 0) is 243 Å². The highest BCUT2D eigenvalue weighted by atomic mass is 79.9. The number of benzene rings is 8. The van der Waals surface area contributed by atoms with E-state index in [0.717, 1.165) is 170 Å². The number of ether oxygens (including phenoxy) is 3. The number of piperidine rings is 2. The first-order chi connectivity index (χ1) is 63.8. The Morgan fingerprint density at radius 2 is 0.684 bits per heavy atom. The van der Waals surface area contributed by atoms with Gasteiger partial charge in [0.25, 0.3) is 23.7 Å². The van der Waals surface area contributed by atoms with E-state index in [1.54, 1.807) is 90.1 Å². The zero-order valence-corrected chi connectivity index (χ0v) is 90.8. The van der Waals surface area contributed by atoms with Crippen LogP contribution in [0.4, 0.5) is 27.2 Å². The zero-order valence-electron chi connectivity index (χ0n) is 76.8. The lowest BCUT2D eigenvalue weighted by molar-refractivity contribution is -0.0503. The maximum absolute atomic E-state index is 13.3. The molecule has 0 atom stereocenters. The van der Waals surface area contributed by atoms with Crippen LogP contribution >= 0.6 is 172 Å². The summed E-state index contributed by atoms with van der Waals surface area (Å²) in [5.74, 6) is -0.422. The maximum Gasteiger partial charge on any atom is 0.519 e. The normalized spacial score (nSPS) is 14.6. The summed E-state index contributed by atoms with van der Waals surface area (Å²) in [4.78, 5) is 50.1. The second-order valence-electron chi connectivity index (χ2n) is 34.2. The molecule has 9 heterocycles. The Morgan fingerprint density at radius 3 is 1.01 bits per heavy atom. The van der Waals surface area contributed by atoms with Crippen LogP contribution in [0.15, 0.2) is 207 Å². The molecule has 3 aliphatic heterocycles. The molecule has 14 aromatic rings. The third-order valence-electron chi connectivity index (χ3n) is 21.1. The summed E-state index contributed by atoms with van der Waals surface area (Å²) in [6, 6.07) is 48.3. The molecular formula is C99H102BBr5Cl8F4N4O15. The predicted octanol–water partition coefficient (Wildman–Crippen LogP) is 33.2. The lowest BCUT2D eigenvalue weighted by Crippen LogP contribution is -2.42. The van der Waals surface area contributed by atoms with E-state index >= 15 is 0 Å². The number of hydrogen-bond acceptors (Lipinski definition) is 17. The van der Waals surface area contributed by atoms with E-state index in [1.807, 2.05) is 144 Å². The van der Waals surface area contributed by atoms with Gasteiger partial charge in [-0.3, -0.25) is 9.59 Å². The number of carbonyl (C=O) groups excluding carboxylic acids is 4. The molecule has 3 saturated heterocycles. The minimum atomic E-state index is -2.67. The van der Waals surface area contributed by atoms with Gasteiger partial charge < -0.3 is 71.3 Å². The number of aryl methyl sites for hydroxylation is 4. The molecule has 3 aliphatic rings. The number of hydrogen-bond donors (Lipinski definition) is 2. The molecule has 0 aliphatic carbocycles. The standard InChI is InChI=1S/C22H20ClF2NO2.C18H24BF2NO3.3C10H8BrClO.C10H18O5.2C9H7BrClNO.CH2Cl2/c1-2-17-13-19-18(11-16(23)12-20(19)28-17)14-3-5-15(6-4-14)21(27)26-9-7-22(24,25)8-10-26;1-16(2)17(3,4)25-19(24-16)14-7-5-13(6-8-14)15(23)22-11-9-18(20,21)10-12-22;2*1-2-7-5-8-9(11)3-6(12)4-10(8)13-7;1-2-7-5-8-9(12)3-6(11)4-10(8)13-7;1-9(2,3)14-7(11)13-8(12)15-10(4,5)6;10-8-1-5(11)2-9-7(8)3-6(4-12)13-9;10-5-1-8(11)7-3-6(4-12)13-9(7)2-5;2-1-3/h3-6,11-13H,2,7-10H2,1H3;5-8H,9-12H2,1-4H3;3*3-5H,2H2,1H3;1-6H3;2*1-3H,4,12H2;1H2. The number of halogens is 17. The van der Waals surface area contributed by atoms with Crippen LogP contribution in [-0.4, -0.2) is 107 Å². The fourth-order valence-electron chi connectivity index (χ4n) is 13.5. The predicted molar refractivity (Wildman–Crippen MR) is 557 cm³/mol. The fourth-order valence-corrected chi connectivity index (χ4v) is 18.1. The van der Waals surface area contributed by atoms with Gasteiger partial charge in [0, 0.05) is 188 Å². The summed E-state index contributed by atoms with van der Waals surface area (Å²) < 4.78 is 117. The molecule has 730 valence electrons. The average Bonchev–Trinajstić information content (AvgIpc) is 1.61. The first-order valence-corrected chi connectivity index (χ1v) is 50.3. The summed E-state index contributed by atoms with van der Waals surface area (Å²) >= 11 is 62.5. The van der Waals surface area contributed by atoms with Crippen molar-refractivity contribution in [2.45, 2.75) is 196 Å². The van der Waals surface area contributed by atoms with Crippen LogP contribution in [0.3, 0.4) is 0 Å². The molecule has 4 N–H and O–H groups in total. The Kier molecular flexibility index (Phi) is 41.1. The Hall–Kier alpha value is -6.98. The van der Waals surface area contributed by atoms with Crippen molar-refractivity contribution in [3.63, 3.8) is 0 Å². The minimum Gasteiger partial charge on any atom is -0.461 e. The molecule has 3 fully saturated rings. The second-order valence-corrected chi connectivity index (χ2v) is 41.9. The van der Waals surface area contributed by atoms with Crippen molar-refractivity contribution in [1.82, 2.24) is 9.80 Å². The molecule has 19 nitrogen and oxygen atoms in total. The number of furan rings is 6. The highest BCUT2D eigenvalue weighted by Crippen LogP contribution is 2.41. The Bertz CT molecular complexity index is 5920. The number of nitrogens with zero attached hydrogens (tertiary/aromatic N) is 2. The SMILES string of the molecule is CC(C)(C)OC(=O)OC(=O)OC(C)(C)C.CC1(C)OB(c2ccc(C(=O)N3CCC(F)(F)CC3)cc2)OC1(C)C.CCc1cc2c(-c3ccc(C(=O)N4CCC(F)(F)CC4)cc3)cc(Cl)cc2o1.CCc1cc2c(Br)cc(Cl)cc2o1.CCc1cc2c(Br)cc(Cl)cc2o1.CCc1cc2c(Cl)cc(Br)cc2o1.ClCCl.NCc1cc2c(Br)cc(Cl)cc2o1.NCc1cc2c(Cl)cc(Br)cc2o1. The largest absolute Gasteiger partial charge is 0.519 e. The molecular weight excluding hydrogens is 2260 g/mol. The lowest BCUT2D eigenvalue weighted by atomic mass is 9.79. The Labute approximate surface area is 869 Å². The van der Waals surface area contributed by atoms with Crippen molar-refractivity contribution in [3.8, 4) is 11.1 Å². The quantitative estimate of drug-likeness (QED) is 0.0424. The first-order valence-electron chi connectivity index (χ1n) is 43.0. The number of nitrogens with two attached hydrogens (primary N) is 2. The fraction of sp³-hybridized carbons (Fsp3) is 0.354. The van der Waals surface area contributed by atoms with Crippen LogP contribution in [0, 0.1) is 0 Å². The zero-order chi connectivity index (χ0) is 100. The van der Waals surface area contributed by atoms with E-state index in [0.29, 0.717) is 49.3 Å². The van der Waals surface area contributed by atoms with Crippen molar-refractivity contribution in [2.24, 2.45) is 11.5 Å². The number of alkyl halides is 6. The average molecular weight is 2360 g/mol. The third-order valence-corrected chi connectivity index (χ3v) is 25.5. The molecule has 0 spiro atoms. The van der Waals surface area contributed by atoms with Gasteiger partial charge in [-0.25, -0.2) is 27.2 Å². The van der Waals surface area contributed by atoms with E-state index in [4.69, 9.17) is 150 Å². The highest BCUT2D eigenvalue weighted by molar-refractivity contribution is 9.11. The van der Waals surface area contributed by atoms with Crippen LogP contribution < -0.4 is 16.9 Å². The summed E-state index contributed by atoms with van der Waals surface area (Å²) in [5, 5.41) is 10.2. The smallest absolute Gasteiger partial charge is 0.461 e. The second kappa shape index (κ2) is 49.6. The molecule has 0 radical (unpaired) electrons. The number of likely N-dealkylation sites (tertiary alicyclic amines) is 2. The van der Waals surface area contributed by atoms with Crippen LogP contribution in [0.25, 0.3) is 76.9 Å². The molecule has 136 heavy (non-hydrogen) atoms. The summed E-state index contributed by atoms with van der Waals surface area (Å²) in [5.41, 5.74) is 17.1. The molecule has 37 heteroatoms. The monoisotopic (exact) mass is 2350 g/mol. The molecule has 0 bridgehead atoms. The minimum absolute atomic E-state index is 0.0807. The van der Waals surface area contributed by atoms with Gasteiger partial charge in [0.1, 0.15) is 79.3 Å². The highest BCUT2D eigenvalue weighted by Gasteiger charge is 2.52. The number of amides is 2. The number of fused-ring (bicyclic) bond motifs is 6.